The Hall–Kier alpha value is -0.810. The van der Waals surface area contributed by atoms with E-state index in [0.29, 0.717) is 16.6 Å². The highest BCUT2D eigenvalue weighted by Crippen LogP contribution is 2.26. The first-order valence-corrected chi connectivity index (χ1v) is 7.05. The normalized spacial score (nSPS) is 12.6. The smallest absolute Gasteiger partial charge is 0.304 e. The number of hydrogen-bond donors (Lipinski definition) is 2. The topological polar surface area (TPSA) is 44.9 Å². The van der Waals surface area contributed by atoms with Gasteiger partial charge in [-0.1, -0.05) is 40.6 Å². The Morgan fingerprint density at radius 2 is 2.22 bits per heavy atom. The van der Waals surface area contributed by atoms with Crippen molar-refractivity contribution >= 4 is 34.5 Å². The van der Waals surface area contributed by atoms with Crippen LogP contribution in [0.2, 0.25) is 10.0 Å². The highest BCUT2D eigenvalue weighted by molar-refractivity contribution is 7.07. The Bertz CT molecular complexity index is 594. The zero-order valence-corrected chi connectivity index (χ0v) is 12.0. The molecule has 0 saturated heterocycles. The maximum atomic E-state index is 11.0. The summed E-state index contributed by atoms with van der Waals surface area (Å²) in [6.45, 7) is 2.61. The average Bonchev–Trinajstić information content (AvgIpc) is 2.72. The molecule has 18 heavy (non-hydrogen) atoms. The van der Waals surface area contributed by atoms with E-state index in [-0.39, 0.29) is 10.9 Å². The molecule has 2 N–H and O–H groups in total. The first-order valence-electron chi connectivity index (χ1n) is 5.41. The summed E-state index contributed by atoms with van der Waals surface area (Å²) in [6.07, 6.45) is 0. The van der Waals surface area contributed by atoms with Gasteiger partial charge in [-0.05, 0) is 24.6 Å². The van der Waals surface area contributed by atoms with Crippen molar-refractivity contribution in [3.63, 3.8) is 0 Å². The van der Waals surface area contributed by atoms with Crippen LogP contribution in [0.25, 0.3) is 0 Å². The Morgan fingerprint density at radius 3 is 2.83 bits per heavy atom. The van der Waals surface area contributed by atoms with Crippen molar-refractivity contribution in [3.8, 4) is 0 Å². The van der Waals surface area contributed by atoms with Gasteiger partial charge in [-0.15, -0.1) is 0 Å². The van der Waals surface area contributed by atoms with Crippen LogP contribution < -0.4 is 10.2 Å². The molecule has 96 valence electrons. The van der Waals surface area contributed by atoms with E-state index in [9.17, 15) is 4.79 Å². The van der Waals surface area contributed by atoms with E-state index in [0.717, 1.165) is 22.6 Å². The molecule has 6 heteroatoms. The number of aromatic nitrogens is 1. The van der Waals surface area contributed by atoms with Crippen LogP contribution in [0.15, 0.2) is 28.4 Å². The Morgan fingerprint density at radius 1 is 1.44 bits per heavy atom. The molecule has 1 heterocycles. The number of H-pyrrole nitrogens is 1. The van der Waals surface area contributed by atoms with Gasteiger partial charge in [0.05, 0.1) is 0 Å². The van der Waals surface area contributed by atoms with Gasteiger partial charge in [0.1, 0.15) is 0 Å². The first-order chi connectivity index (χ1) is 8.56. The predicted molar refractivity (Wildman–Crippen MR) is 76.7 cm³/mol. The summed E-state index contributed by atoms with van der Waals surface area (Å²) in [5, 5.41) is 6.37. The summed E-state index contributed by atoms with van der Waals surface area (Å²) < 4.78 is 0. The number of halogens is 2. The van der Waals surface area contributed by atoms with Gasteiger partial charge in [-0.3, -0.25) is 4.79 Å². The van der Waals surface area contributed by atoms with E-state index in [1.165, 1.54) is 0 Å². The fraction of sp³-hybridized carbons (Fsp3) is 0.250. The average molecular weight is 303 g/mol. The number of aromatic amines is 1. The van der Waals surface area contributed by atoms with Gasteiger partial charge in [0.2, 0.25) is 0 Å². The van der Waals surface area contributed by atoms with E-state index >= 15 is 0 Å². The Balaban J connectivity index is 2.03. The Kier molecular flexibility index (Phi) is 4.45. The van der Waals surface area contributed by atoms with Gasteiger partial charge in [0.25, 0.3) is 0 Å². The van der Waals surface area contributed by atoms with Crippen LogP contribution in [0, 0.1) is 0 Å². The molecule has 3 nitrogen and oxygen atoms in total. The molecule has 0 aliphatic carbocycles. The van der Waals surface area contributed by atoms with E-state index in [4.69, 9.17) is 23.2 Å². The van der Waals surface area contributed by atoms with E-state index in [1.54, 1.807) is 6.07 Å². The third-order valence-corrected chi connectivity index (χ3v) is 3.88. The molecular formula is C12H12Cl2N2OS. The third kappa shape index (κ3) is 3.36. The van der Waals surface area contributed by atoms with Gasteiger partial charge in [0.15, 0.2) is 0 Å². The molecule has 0 radical (unpaired) electrons. The maximum absolute atomic E-state index is 11.0. The van der Waals surface area contributed by atoms with Crippen molar-refractivity contribution in [2.75, 3.05) is 0 Å². The van der Waals surface area contributed by atoms with Crippen molar-refractivity contribution in [2.45, 2.75) is 19.5 Å². The number of rotatable bonds is 4. The van der Waals surface area contributed by atoms with Crippen molar-refractivity contribution in [2.24, 2.45) is 0 Å². The SMILES string of the molecule is CC(NCc1csc(=O)[nH]1)c1ccc(Cl)cc1Cl. The summed E-state index contributed by atoms with van der Waals surface area (Å²) in [4.78, 5) is 13.7. The van der Waals surface area contributed by atoms with Crippen LogP contribution in [-0.4, -0.2) is 4.98 Å². The summed E-state index contributed by atoms with van der Waals surface area (Å²) >= 11 is 13.1. The number of benzene rings is 1. The lowest BCUT2D eigenvalue weighted by Crippen LogP contribution is -2.19. The highest BCUT2D eigenvalue weighted by Gasteiger charge is 2.10. The van der Waals surface area contributed by atoms with Crippen LogP contribution in [0.4, 0.5) is 0 Å². The largest absolute Gasteiger partial charge is 0.315 e. The van der Waals surface area contributed by atoms with Crippen LogP contribution in [-0.2, 0) is 6.54 Å². The van der Waals surface area contributed by atoms with Crippen molar-refractivity contribution in [1.82, 2.24) is 10.3 Å². The van der Waals surface area contributed by atoms with Crippen LogP contribution >= 0.6 is 34.5 Å². The second-order valence-corrected chi connectivity index (χ2v) is 5.63. The lowest BCUT2D eigenvalue weighted by Gasteiger charge is -2.15. The molecule has 0 saturated carbocycles. The summed E-state index contributed by atoms with van der Waals surface area (Å²) in [6, 6.07) is 5.52. The summed E-state index contributed by atoms with van der Waals surface area (Å²) in [5.41, 5.74) is 1.86. The standard InChI is InChI=1S/C12H12Cl2N2OS/c1-7(10-3-2-8(13)4-11(10)14)15-5-9-6-18-12(17)16-9/h2-4,6-7,15H,5H2,1H3,(H,16,17). The summed E-state index contributed by atoms with van der Waals surface area (Å²) in [7, 11) is 0. The quantitative estimate of drug-likeness (QED) is 0.906. The van der Waals surface area contributed by atoms with E-state index in [2.05, 4.69) is 10.3 Å². The highest BCUT2D eigenvalue weighted by atomic mass is 35.5. The first kappa shape index (κ1) is 13.6. The molecule has 1 unspecified atom stereocenters. The minimum absolute atomic E-state index is 0.0380. The number of thiazole rings is 1. The fourth-order valence-corrected chi connectivity index (χ4v) is 2.78. The van der Waals surface area contributed by atoms with Gasteiger partial charge in [-0.2, -0.15) is 0 Å². The molecule has 0 aliphatic rings. The maximum Gasteiger partial charge on any atom is 0.304 e. The zero-order chi connectivity index (χ0) is 13.1. The lowest BCUT2D eigenvalue weighted by molar-refractivity contribution is 0.569. The molecule has 0 amide bonds. The molecule has 1 aromatic heterocycles. The fourth-order valence-electron chi connectivity index (χ4n) is 1.63. The summed E-state index contributed by atoms with van der Waals surface area (Å²) in [5.74, 6) is 0. The van der Waals surface area contributed by atoms with Crippen molar-refractivity contribution in [3.05, 3.63) is 54.5 Å². The minimum Gasteiger partial charge on any atom is -0.315 e. The van der Waals surface area contributed by atoms with Crippen LogP contribution in [0.5, 0.6) is 0 Å². The number of nitrogens with one attached hydrogen (secondary N) is 2. The van der Waals surface area contributed by atoms with Crippen LogP contribution in [0.1, 0.15) is 24.2 Å². The monoisotopic (exact) mass is 302 g/mol. The van der Waals surface area contributed by atoms with Crippen molar-refractivity contribution in [1.29, 1.82) is 0 Å². The van der Waals surface area contributed by atoms with Gasteiger partial charge >= 0.3 is 4.87 Å². The molecule has 0 bridgehead atoms. The lowest BCUT2D eigenvalue weighted by atomic mass is 10.1. The second kappa shape index (κ2) is 5.89. The predicted octanol–water partition coefficient (Wildman–Crippen LogP) is 3.59. The van der Waals surface area contributed by atoms with Crippen molar-refractivity contribution < 1.29 is 0 Å². The van der Waals surface area contributed by atoms with E-state index in [1.807, 2.05) is 24.4 Å². The van der Waals surface area contributed by atoms with Gasteiger partial charge < -0.3 is 10.3 Å². The van der Waals surface area contributed by atoms with Gasteiger partial charge in [0, 0.05) is 33.7 Å². The molecule has 0 fully saturated rings. The molecule has 1 aromatic carbocycles. The van der Waals surface area contributed by atoms with E-state index < -0.39 is 0 Å². The van der Waals surface area contributed by atoms with Crippen LogP contribution in [0.3, 0.4) is 0 Å². The molecule has 0 spiro atoms. The molecule has 0 aliphatic heterocycles. The molecular weight excluding hydrogens is 291 g/mol. The second-order valence-electron chi connectivity index (χ2n) is 3.94. The van der Waals surface area contributed by atoms with Gasteiger partial charge in [-0.25, -0.2) is 0 Å². The molecule has 2 rings (SSSR count). The zero-order valence-electron chi connectivity index (χ0n) is 9.67. The number of hydrogen-bond acceptors (Lipinski definition) is 3. The minimum atomic E-state index is -0.0380. The molecule has 1 atom stereocenters. The Labute approximate surface area is 119 Å². The molecule has 2 aromatic rings. The third-order valence-electron chi connectivity index (χ3n) is 2.60.